The number of nitrogens with zero attached hydrogens (tertiary/aromatic N) is 1. The summed E-state index contributed by atoms with van der Waals surface area (Å²) in [7, 11) is 0. The average Bonchev–Trinajstić information content (AvgIpc) is 3.10. The van der Waals surface area contributed by atoms with Crippen LogP contribution in [0.4, 0.5) is 5.00 Å². The molecule has 2 N–H and O–H groups in total. The Bertz CT molecular complexity index is 1000. The Morgan fingerprint density at radius 1 is 1.14 bits per heavy atom. The maximum Gasteiger partial charge on any atom is 0.307 e. The molecular weight excluding hydrogens is 384 g/mol. The quantitative estimate of drug-likeness (QED) is 0.732. The SMILES string of the molecule is N#Cc1c(NC(=O)[C@@H]2CC=CC[C@@H]2C(=O)O)sc2c1CC[C@@H](c1ccccc1)C2. The van der Waals surface area contributed by atoms with Crippen molar-refractivity contribution in [3.05, 3.63) is 64.1 Å². The van der Waals surface area contributed by atoms with Gasteiger partial charge in [0.05, 0.1) is 17.4 Å². The van der Waals surface area contributed by atoms with Gasteiger partial charge in [0, 0.05) is 4.88 Å². The fraction of sp³-hybridized carbons (Fsp3) is 0.348. The van der Waals surface area contributed by atoms with Crippen LogP contribution in [0.15, 0.2) is 42.5 Å². The summed E-state index contributed by atoms with van der Waals surface area (Å²) in [4.78, 5) is 25.5. The lowest BCUT2D eigenvalue weighted by Crippen LogP contribution is -2.34. The number of hydrogen-bond acceptors (Lipinski definition) is 4. The van der Waals surface area contributed by atoms with Gasteiger partial charge >= 0.3 is 5.97 Å². The number of fused-ring (bicyclic) bond motifs is 1. The van der Waals surface area contributed by atoms with Crippen molar-refractivity contribution in [2.24, 2.45) is 11.8 Å². The predicted octanol–water partition coefficient (Wildman–Crippen LogP) is 4.50. The zero-order valence-corrected chi connectivity index (χ0v) is 16.7. The molecule has 0 saturated heterocycles. The largest absolute Gasteiger partial charge is 0.481 e. The molecule has 0 unspecified atom stereocenters. The molecule has 0 fully saturated rings. The van der Waals surface area contributed by atoms with E-state index in [-0.39, 0.29) is 5.91 Å². The Kier molecular flexibility index (Phi) is 5.50. The normalized spacial score (nSPS) is 23.1. The summed E-state index contributed by atoms with van der Waals surface area (Å²) >= 11 is 1.47. The minimum absolute atomic E-state index is 0.309. The van der Waals surface area contributed by atoms with E-state index in [0.29, 0.717) is 29.3 Å². The molecule has 0 radical (unpaired) electrons. The molecule has 29 heavy (non-hydrogen) atoms. The first-order chi connectivity index (χ1) is 14.1. The van der Waals surface area contributed by atoms with Crippen molar-refractivity contribution < 1.29 is 14.7 Å². The van der Waals surface area contributed by atoms with Crippen LogP contribution in [0, 0.1) is 23.2 Å². The number of nitrogens with one attached hydrogen (secondary N) is 1. The topological polar surface area (TPSA) is 90.2 Å². The molecule has 5 nitrogen and oxygen atoms in total. The third-order valence-electron chi connectivity index (χ3n) is 5.97. The molecule has 0 spiro atoms. The molecule has 4 rings (SSSR count). The molecule has 148 valence electrons. The Labute approximate surface area is 173 Å². The number of benzene rings is 1. The molecule has 1 aromatic carbocycles. The van der Waals surface area contributed by atoms with Crippen molar-refractivity contribution in [1.82, 2.24) is 0 Å². The number of hydrogen-bond donors (Lipinski definition) is 2. The summed E-state index contributed by atoms with van der Waals surface area (Å²) in [5.74, 6) is -2.18. The van der Waals surface area contributed by atoms with E-state index in [4.69, 9.17) is 0 Å². The van der Waals surface area contributed by atoms with Crippen molar-refractivity contribution in [3.8, 4) is 6.07 Å². The van der Waals surface area contributed by atoms with Crippen LogP contribution in [0.3, 0.4) is 0 Å². The molecule has 0 bridgehead atoms. The van der Waals surface area contributed by atoms with E-state index in [1.807, 2.05) is 30.4 Å². The second kappa shape index (κ2) is 8.22. The average molecular weight is 407 g/mol. The highest BCUT2D eigenvalue weighted by Crippen LogP contribution is 2.42. The maximum absolute atomic E-state index is 12.8. The van der Waals surface area contributed by atoms with E-state index in [1.165, 1.54) is 16.9 Å². The monoisotopic (exact) mass is 406 g/mol. The van der Waals surface area contributed by atoms with E-state index in [0.717, 1.165) is 29.7 Å². The molecule has 6 heteroatoms. The lowest BCUT2D eigenvalue weighted by Gasteiger charge is -2.23. The van der Waals surface area contributed by atoms with Crippen LogP contribution in [-0.2, 0) is 22.4 Å². The van der Waals surface area contributed by atoms with Gasteiger partial charge in [-0.25, -0.2) is 0 Å². The third-order valence-corrected chi connectivity index (χ3v) is 7.14. The van der Waals surface area contributed by atoms with Crippen molar-refractivity contribution in [2.75, 3.05) is 5.32 Å². The molecule has 2 aliphatic rings. The molecule has 1 aromatic heterocycles. The van der Waals surface area contributed by atoms with E-state index in [2.05, 4.69) is 23.5 Å². The van der Waals surface area contributed by atoms with Gasteiger partial charge < -0.3 is 10.4 Å². The molecule has 1 heterocycles. The van der Waals surface area contributed by atoms with Crippen LogP contribution in [-0.4, -0.2) is 17.0 Å². The number of allylic oxidation sites excluding steroid dienone is 2. The van der Waals surface area contributed by atoms with E-state index >= 15 is 0 Å². The van der Waals surface area contributed by atoms with E-state index < -0.39 is 17.8 Å². The van der Waals surface area contributed by atoms with Gasteiger partial charge in [0.25, 0.3) is 0 Å². The zero-order chi connectivity index (χ0) is 20.4. The Morgan fingerprint density at radius 2 is 1.86 bits per heavy atom. The Morgan fingerprint density at radius 3 is 2.55 bits per heavy atom. The van der Waals surface area contributed by atoms with Crippen LogP contribution in [0.5, 0.6) is 0 Å². The van der Waals surface area contributed by atoms with Crippen LogP contribution in [0.2, 0.25) is 0 Å². The van der Waals surface area contributed by atoms with Gasteiger partial charge in [-0.3, -0.25) is 9.59 Å². The van der Waals surface area contributed by atoms with Crippen LogP contribution in [0.1, 0.15) is 46.7 Å². The second-order valence-electron chi connectivity index (χ2n) is 7.65. The lowest BCUT2D eigenvalue weighted by atomic mass is 9.82. The zero-order valence-electron chi connectivity index (χ0n) is 15.9. The Balaban J connectivity index is 1.56. The highest BCUT2D eigenvalue weighted by atomic mass is 32.1. The van der Waals surface area contributed by atoms with Gasteiger partial charge in [0.1, 0.15) is 11.1 Å². The number of anilines is 1. The standard InChI is InChI=1S/C23H22N2O3S/c24-13-19-16-11-10-15(14-6-2-1-3-7-14)12-20(16)29-22(19)25-21(26)17-8-4-5-9-18(17)23(27)28/h1-7,15,17-18H,8-12H2,(H,25,26)(H,27,28)/t15-,17-,18+/m1/s1. The maximum atomic E-state index is 12.8. The van der Waals surface area contributed by atoms with Gasteiger partial charge in [0.2, 0.25) is 5.91 Å². The minimum atomic E-state index is -0.953. The number of thiophene rings is 1. The Hall–Kier alpha value is -2.91. The predicted molar refractivity (Wildman–Crippen MR) is 112 cm³/mol. The minimum Gasteiger partial charge on any atom is -0.481 e. The van der Waals surface area contributed by atoms with Crippen molar-refractivity contribution in [2.45, 2.75) is 38.0 Å². The van der Waals surface area contributed by atoms with Gasteiger partial charge in [0.15, 0.2) is 0 Å². The second-order valence-corrected chi connectivity index (χ2v) is 8.76. The molecule has 0 aliphatic heterocycles. The molecule has 2 aliphatic carbocycles. The number of carbonyl (C=O) groups is 2. The fourth-order valence-corrected chi connectivity index (χ4v) is 5.66. The van der Waals surface area contributed by atoms with Crippen molar-refractivity contribution >= 4 is 28.2 Å². The van der Waals surface area contributed by atoms with Crippen molar-refractivity contribution in [3.63, 3.8) is 0 Å². The summed E-state index contributed by atoms with van der Waals surface area (Å²) in [6.07, 6.45) is 7.09. The number of aliphatic carboxylic acids is 1. The van der Waals surface area contributed by atoms with Crippen LogP contribution in [0.25, 0.3) is 0 Å². The third kappa shape index (κ3) is 3.83. The molecule has 3 atom stereocenters. The number of rotatable bonds is 4. The number of carbonyl (C=O) groups excluding carboxylic acids is 1. The number of carboxylic acids is 1. The highest BCUT2D eigenvalue weighted by Gasteiger charge is 2.35. The first kappa shape index (κ1) is 19.4. The van der Waals surface area contributed by atoms with Crippen molar-refractivity contribution in [1.29, 1.82) is 5.26 Å². The first-order valence-electron chi connectivity index (χ1n) is 9.86. The molecule has 0 saturated carbocycles. The van der Waals surface area contributed by atoms with E-state index in [1.54, 1.807) is 0 Å². The number of carboxylic acid groups (broad SMARTS) is 1. The summed E-state index contributed by atoms with van der Waals surface area (Å²) in [6.45, 7) is 0. The molecule has 1 amide bonds. The summed E-state index contributed by atoms with van der Waals surface area (Å²) in [5.41, 5.74) is 2.88. The fourth-order valence-electron chi connectivity index (χ4n) is 4.38. The van der Waals surface area contributed by atoms with Gasteiger partial charge in [-0.2, -0.15) is 5.26 Å². The van der Waals surface area contributed by atoms with Gasteiger partial charge in [-0.1, -0.05) is 42.5 Å². The highest BCUT2D eigenvalue weighted by molar-refractivity contribution is 7.16. The summed E-state index contributed by atoms with van der Waals surface area (Å²) in [6, 6.07) is 12.6. The number of amides is 1. The smallest absolute Gasteiger partial charge is 0.307 e. The van der Waals surface area contributed by atoms with Crippen LogP contribution >= 0.6 is 11.3 Å². The number of nitriles is 1. The molecular formula is C23H22N2O3S. The molecule has 2 aromatic rings. The van der Waals surface area contributed by atoms with Gasteiger partial charge in [-0.15, -0.1) is 11.3 Å². The first-order valence-corrected chi connectivity index (χ1v) is 10.7. The summed E-state index contributed by atoms with van der Waals surface area (Å²) in [5, 5.41) is 22.6. The summed E-state index contributed by atoms with van der Waals surface area (Å²) < 4.78 is 0. The lowest BCUT2D eigenvalue weighted by molar-refractivity contribution is -0.146. The van der Waals surface area contributed by atoms with Crippen LogP contribution < -0.4 is 5.32 Å². The van der Waals surface area contributed by atoms with E-state index in [9.17, 15) is 20.0 Å². The van der Waals surface area contributed by atoms with Gasteiger partial charge in [-0.05, 0) is 49.1 Å².